The predicted octanol–water partition coefficient (Wildman–Crippen LogP) is 2.98. The molecule has 0 atom stereocenters. The van der Waals surface area contributed by atoms with Crippen LogP contribution in [0.2, 0.25) is 0 Å². The number of ether oxygens (including phenoxy) is 2. The van der Waals surface area contributed by atoms with Gasteiger partial charge in [-0.3, -0.25) is 9.69 Å². The van der Waals surface area contributed by atoms with Crippen LogP contribution in [0.5, 0.6) is 5.75 Å². The van der Waals surface area contributed by atoms with Crippen LogP contribution in [-0.2, 0) is 16.1 Å². The normalized spacial score (nSPS) is 13.7. The molecule has 0 bridgehead atoms. The maximum atomic E-state index is 12.1. The van der Waals surface area contributed by atoms with Crippen molar-refractivity contribution in [1.29, 1.82) is 0 Å². The van der Waals surface area contributed by atoms with Gasteiger partial charge in [0.05, 0.1) is 13.7 Å². The Morgan fingerprint density at radius 1 is 1.27 bits per heavy atom. The minimum absolute atomic E-state index is 0.207. The summed E-state index contributed by atoms with van der Waals surface area (Å²) in [4.78, 5) is 25.3. The van der Waals surface area contributed by atoms with Crippen LogP contribution < -0.4 is 15.0 Å². The summed E-state index contributed by atoms with van der Waals surface area (Å²) in [6.45, 7) is 1.30. The third kappa shape index (κ3) is 4.22. The molecule has 2 aromatic rings. The van der Waals surface area contributed by atoms with Crippen molar-refractivity contribution in [2.24, 2.45) is 0 Å². The lowest BCUT2D eigenvalue weighted by Gasteiger charge is -2.14. The summed E-state index contributed by atoms with van der Waals surface area (Å²) in [6.07, 6.45) is 2.84. The quantitative estimate of drug-likeness (QED) is 0.812. The summed E-state index contributed by atoms with van der Waals surface area (Å²) in [5.74, 6) is 0.503. The summed E-state index contributed by atoms with van der Waals surface area (Å²) in [5, 5.41) is 2.83. The highest BCUT2D eigenvalue weighted by molar-refractivity contribution is 5.92. The number of carbonyl (C=O) groups is 2. The standard InChI is InChI=1S/C20H20N2O4/c1-25-18-8-3-2-6-16(18)9-10-19(23)21-14-15-5-4-7-17(13-15)22-11-12-26-20(22)24/h2-10,13H,11-12,14H2,1H3,(H,21,23). The summed E-state index contributed by atoms with van der Waals surface area (Å²) in [7, 11) is 1.59. The van der Waals surface area contributed by atoms with Crippen LogP contribution >= 0.6 is 0 Å². The highest BCUT2D eigenvalue weighted by Crippen LogP contribution is 2.20. The molecule has 2 aromatic carbocycles. The molecule has 0 spiro atoms. The molecule has 0 unspecified atom stereocenters. The molecule has 0 aromatic heterocycles. The lowest BCUT2D eigenvalue weighted by Crippen LogP contribution is -2.24. The fourth-order valence-corrected chi connectivity index (χ4v) is 2.68. The maximum Gasteiger partial charge on any atom is 0.414 e. The fraction of sp³-hybridized carbons (Fsp3) is 0.200. The lowest BCUT2D eigenvalue weighted by molar-refractivity contribution is -0.116. The van der Waals surface area contributed by atoms with E-state index >= 15 is 0 Å². The van der Waals surface area contributed by atoms with E-state index in [0.717, 1.165) is 16.8 Å². The number of hydrogen-bond acceptors (Lipinski definition) is 4. The molecule has 2 amide bonds. The minimum Gasteiger partial charge on any atom is -0.496 e. The van der Waals surface area contributed by atoms with E-state index in [4.69, 9.17) is 9.47 Å². The third-order valence-electron chi connectivity index (χ3n) is 4.00. The van der Waals surface area contributed by atoms with Crippen LogP contribution in [0, 0.1) is 0 Å². The lowest BCUT2D eigenvalue weighted by atomic mass is 10.1. The Kier molecular flexibility index (Phi) is 5.53. The maximum absolute atomic E-state index is 12.1. The number of carbonyl (C=O) groups excluding carboxylic acids is 2. The number of methoxy groups -OCH3 is 1. The molecule has 3 rings (SSSR count). The molecule has 1 saturated heterocycles. The Balaban J connectivity index is 1.59. The molecule has 0 radical (unpaired) electrons. The van der Waals surface area contributed by atoms with Gasteiger partial charge >= 0.3 is 6.09 Å². The zero-order valence-electron chi connectivity index (χ0n) is 14.5. The van der Waals surface area contributed by atoms with Gasteiger partial charge in [0.15, 0.2) is 0 Å². The van der Waals surface area contributed by atoms with Crippen molar-refractivity contribution in [3.8, 4) is 5.75 Å². The second-order valence-corrected chi connectivity index (χ2v) is 5.73. The van der Waals surface area contributed by atoms with Crippen LogP contribution in [0.3, 0.4) is 0 Å². The number of amides is 2. The molecule has 0 saturated carbocycles. The van der Waals surface area contributed by atoms with Gasteiger partial charge in [0.25, 0.3) is 0 Å². The number of nitrogens with one attached hydrogen (secondary N) is 1. The number of benzene rings is 2. The molecule has 134 valence electrons. The Hall–Kier alpha value is -3.28. The Labute approximate surface area is 152 Å². The Morgan fingerprint density at radius 2 is 2.12 bits per heavy atom. The first-order valence-corrected chi connectivity index (χ1v) is 8.29. The topological polar surface area (TPSA) is 67.9 Å². The van der Waals surface area contributed by atoms with Crippen LogP contribution in [0.25, 0.3) is 6.08 Å². The van der Waals surface area contributed by atoms with Crippen molar-refractivity contribution >= 4 is 23.8 Å². The largest absolute Gasteiger partial charge is 0.496 e. The zero-order chi connectivity index (χ0) is 18.4. The van der Waals surface area contributed by atoms with E-state index < -0.39 is 0 Å². The SMILES string of the molecule is COc1ccccc1C=CC(=O)NCc1cccc(N2CCOC2=O)c1. The van der Waals surface area contributed by atoms with E-state index in [2.05, 4.69) is 5.32 Å². The van der Waals surface area contributed by atoms with Crippen molar-refractivity contribution in [2.45, 2.75) is 6.54 Å². The van der Waals surface area contributed by atoms with E-state index in [-0.39, 0.29) is 12.0 Å². The first kappa shape index (κ1) is 17.5. The molecule has 1 N–H and O–H groups in total. The van der Waals surface area contributed by atoms with Crippen LogP contribution in [0.4, 0.5) is 10.5 Å². The molecular formula is C20H20N2O4. The molecule has 6 nitrogen and oxygen atoms in total. The molecule has 1 heterocycles. The second-order valence-electron chi connectivity index (χ2n) is 5.73. The number of anilines is 1. The molecule has 0 aliphatic carbocycles. The van der Waals surface area contributed by atoms with Crippen LogP contribution in [0.1, 0.15) is 11.1 Å². The first-order chi connectivity index (χ1) is 12.7. The Bertz CT molecular complexity index is 832. The van der Waals surface area contributed by atoms with Gasteiger partial charge in [0.1, 0.15) is 12.4 Å². The molecule has 1 fully saturated rings. The van der Waals surface area contributed by atoms with Gasteiger partial charge in [0, 0.05) is 23.9 Å². The average Bonchev–Trinajstić information content (AvgIpc) is 3.11. The van der Waals surface area contributed by atoms with Crippen LogP contribution in [-0.4, -0.2) is 32.3 Å². The summed E-state index contributed by atoms with van der Waals surface area (Å²) in [5.41, 5.74) is 2.50. The monoisotopic (exact) mass is 352 g/mol. The number of cyclic esters (lactones) is 1. The van der Waals surface area contributed by atoms with Gasteiger partial charge in [-0.2, -0.15) is 0 Å². The van der Waals surface area contributed by atoms with Gasteiger partial charge in [0.2, 0.25) is 5.91 Å². The molecule has 1 aliphatic heterocycles. The van der Waals surface area contributed by atoms with E-state index in [1.54, 1.807) is 18.1 Å². The van der Waals surface area contributed by atoms with Crippen molar-refractivity contribution in [3.63, 3.8) is 0 Å². The van der Waals surface area contributed by atoms with Gasteiger partial charge in [-0.1, -0.05) is 30.3 Å². The molecular weight excluding hydrogens is 332 g/mol. The second kappa shape index (κ2) is 8.20. The van der Waals surface area contributed by atoms with Gasteiger partial charge < -0.3 is 14.8 Å². The van der Waals surface area contributed by atoms with Gasteiger partial charge in [-0.25, -0.2) is 4.79 Å². The van der Waals surface area contributed by atoms with E-state index in [0.29, 0.717) is 25.4 Å². The minimum atomic E-state index is -0.342. The smallest absolute Gasteiger partial charge is 0.414 e. The van der Waals surface area contributed by atoms with Crippen molar-refractivity contribution in [3.05, 3.63) is 65.7 Å². The fourth-order valence-electron chi connectivity index (χ4n) is 2.68. The number of rotatable bonds is 6. The van der Waals surface area contributed by atoms with Gasteiger partial charge in [-0.05, 0) is 29.8 Å². The predicted molar refractivity (Wildman–Crippen MR) is 99.0 cm³/mol. The van der Waals surface area contributed by atoms with Crippen LogP contribution in [0.15, 0.2) is 54.6 Å². The Morgan fingerprint density at radius 3 is 2.88 bits per heavy atom. The summed E-state index contributed by atoms with van der Waals surface area (Å²) in [6, 6.07) is 14.9. The van der Waals surface area contributed by atoms with Crippen molar-refractivity contribution in [1.82, 2.24) is 5.32 Å². The van der Waals surface area contributed by atoms with Crippen molar-refractivity contribution < 1.29 is 19.1 Å². The molecule has 6 heteroatoms. The number of para-hydroxylation sites is 1. The van der Waals surface area contributed by atoms with E-state index in [9.17, 15) is 9.59 Å². The third-order valence-corrected chi connectivity index (χ3v) is 4.00. The number of hydrogen-bond donors (Lipinski definition) is 1. The first-order valence-electron chi connectivity index (χ1n) is 8.29. The molecule has 1 aliphatic rings. The van der Waals surface area contributed by atoms with Crippen molar-refractivity contribution in [2.75, 3.05) is 25.2 Å². The number of nitrogens with zero attached hydrogens (tertiary/aromatic N) is 1. The van der Waals surface area contributed by atoms with E-state index in [1.165, 1.54) is 6.08 Å². The molecule has 26 heavy (non-hydrogen) atoms. The zero-order valence-corrected chi connectivity index (χ0v) is 14.5. The summed E-state index contributed by atoms with van der Waals surface area (Å²) < 4.78 is 10.2. The highest BCUT2D eigenvalue weighted by atomic mass is 16.6. The average molecular weight is 352 g/mol. The van der Waals surface area contributed by atoms with Gasteiger partial charge in [-0.15, -0.1) is 0 Å². The highest BCUT2D eigenvalue weighted by Gasteiger charge is 2.23. The van der Waals surface area contributed by atoms with E-state index in [1.807, 2.05) is 48.5 Å². The summed E-state index contributed by atoms with van der Waals surface area (Å²) >= 11 is 0.